The number of ether oxygens (including phenoxy) is 1. The summed E-state index contributed by atoms with van der Waals surface area (Å²) in [4.78, 5) is 10.6. The Morgan fingerprint density at radius 2 is 1.86 bits per heavy atom. The van der Waals surface area contributed by atoms with Crippen molar-refractivity contribution >= 4 is 12.0 Å². The fourth-order valence-corrected chi connectivity index (χ4v) is 1.74. The number of carbonyl (C=O) groups is 1. The van der Waals surface area contributed by atoms with Crippen LogP contribution in [0.4, 0.5) is 0 Å². The lowest BCUT2D eigenvalue weighted by molar-refractivity contribution is -0.131. The highest BCUT2D eigenvalue weighted by molar-refractivity contribution is 5.85. The molecule has 7 heteroatoms. The molecule has 1 rings (SSSR count). The fourth-order valence-electron chi connectivity index (χ4n) is 1.74. The van der Waals surface area contributed by atoms with E-state index in [2.05, 4.69) is 0 Å². The van der Waals surface area contributed by atoms with Gasteiger partial charge in [-0.25, -0.2) is 4.79 Å². The van der Waals surface area contributed by atoms with Crippen molar-refractivity contribution in [1.29, 1.82) is 0 Å². The van der Waals surface area contributed by atoms with Crippen molar-refractivity contribution in [3.05, 3.63) is 35.4 Å². The van der Waals surface area contributed by atoms with Gasteiger partial charge in [0, 0.05) is 12.5 Å². The van der Waals surface area contributed by atoms with Gasteiger partial charge < -0.3 is 30.3 Å². The third kappa shape index (κ3) is 6.23. The van der Waals surface area contributed by atoms with Gasteiger partial charge in [0.25, 0.3) is 0 Å². The Hall–Kier alpha value is -1.93. The quantitative estimate of drug-likeness (QED) is 0.386. The molecule has 22 heavy (non-hydrogen) atoms. The molecule has 0 radical (unpaired) electrons. The number of carboxylic acid groups (broad SMARTS) is 1. The van der Waals surface area contributed by atoms with Gasteiger partial charge in [0.2, 0.25) is 0 Å². The third-order valence-corrected chi connectivity index (χ3v) is 2.84. The second kappa shape index (κ2) is 9.16. The molecule has 0 spiro atoms. The second-order valence-electron chi connectivity index (χ2n) is 4.72. The first-order chi connectivity index (χ1) is 10.5. The summed E-state index contributed by atoms with van der Waals surface area (Å²) in [6, 6.07) is 4.78. The summed E-state index contributed by atoms with van der Waals surface area (Å²) >= 11 is 0. The molecule has 0 aliphatic rings. The third-order valence-electron chi connectivity index (χ3n) is 2.84. The molecule has 1 aromatic carbocycles. The average molecular weight is 312 g/mol. The van der Waals surface area contributed by atoms with Crippen molar-refractivity contribution in [2.45, 2.75) is 18.6 Å². The van der Waals surface area contributed by atoms with Crippen molar-refractivity contribution in [3.63, 3.8) is 0 Å². The predicted molar refractivity (Wildman–Crippen MR) is 78.5 cm³/mol. The lowest BCUT2D eigenvalue weighted by Gasteiger charge is -2.14. The van der Waals surface area contributed by atoms with Crippen molar-refractivity contribution in [1.82, 2.24) is 0 Å². The van der Waals surface area contributed by atoms with Gasteiger partial charge in [-0.2, -0.15) is 0 Å². The van der Waals surface area contributed by atoms with Crippen LogP contribution in [0.1, 0.15) is 11.1 Å². The number of rotatable bonds is 9. The monoisotopic (exact) mass is 312 g/mol. The molecule has 0 amide bonds. The molecule has 2 atom stereocenters. The number of aliphatic hydroxyl groups is 4. The normalized spacial score (nSPS) is 14.0. The van der Waals surface area contributed by atoms with Gasteiger partial charge in [-0.3, -0.25) is 0 Å². The smallest absolute Gasteiger partial charge is 0.328 e. The topological polar surface area (TPSA) is 127 Å². The lowest BCUT2D eigenvalue weighted by Crippen LogP contribution is -2.21. The van der Waals surface area contributed by atoms with Gasteiger partial charge in [-0.1, -0.05) is 6.07 Å². The first-order valence-electron chi connectivity index (χ1n) is 6.70. The Kier molecular flexibility index (Phi) is 7.55. The van der Waals surface area contributed by atoms with Crippen molar-refractivity contribution in [2.24, 2.45) is 0 Å². The number of carboxylic acids is 1. The Bertz CT molecular complexity index is 513. The predicted octanol–water partition coefficient (Wildman–Crippen LogP) is -0.588. The maximum absolute atomic E-state index is 10.6. The van der Waals surface area contributed by atoms with Crippen LogP contribution in [0.25, 0.3) is 6.08 Å². The summed E-state index contributed by atoms with van der Waals surface area (Å²) < 4.78 is 5.30. The highest BCUT2D eigenvalue weighted by Gasteiger charge is 2.10. The van der Waals surface area contributed by atoms with Crippen LogP contribution in [0.2, 0.25) is 0 Å². The summed E-state index contributed by atoms with van der Waals surface area (Å²) in [6.45, 7) is -0.936. The molecule has 5 N–H and O–H groups in total. The summed E-state index contributed by atoms with van der Waals surface area (Å²) in [7, 11) is 0. The van der Waals surface area contributed by atoms with Crippen LogP contribution in [0.5, 0.6) is 5.75 Å². The molecule has 0 aliphatic carbocycles. The first-order valence-corrected chi connectivity index (χ1v) is 6.70. The fraction of sp³-hybridized carbons (Fsp3) is 0.400. The highest BCUT2D eigenvalue weighted by atomic mass is 16.5. The molecular weight excluding hydrogens is 292 g/mol. The molecular formula is C15H20O7. The van der Waals surface area contributed by atoms with E-state index in [0.717, 1.165) is 6.08 Å². The number of hydrogen-bond donors (Lipinski definition) is 5. The van der Waals surface area contributed by atoms with E-state index in [0.29, 0.717) is 16.9 Å². The first kappa shape index (κ1) is 18.1. The van der Waals surface area contributed by atoms with Crippen LogP contribution >= 0.6 is 0 Å². The SMILES string of the molecule is O=C(O)C=Cc1ccc(OCC(O)CO)cc1CC(O)CO. The number of hydrogen-bond acceptors (Lipinski definition) is 6. The molecule has 0 fully saturated rings. The molecule has 0 heterocycles. The molecule has 7 nitrogen and oxygen atoms in total. The van der Waals surface area contributed by atoms with Crippen molar-refractivity contribution in [2.75, 3.05) is 19.8 Å². The summed E-state index contributed by atoms with van der Waals surface area (Å²) in [5, 5.41) is 45.1. The molecule has 122 valence electrons. The van der Waals surface area contributed by atoms with Gasteiger partial charge >= 0.3 is 5.97 Å². The van der Waals surface area contributed by atoms with Gasteiger partial charge in [-0.05, 0) is 29.3 Å². The van der Waals surface area contributed by atoms with E-state index in [9.17, 15) is 15.0 Å². The molecule has 2 unspecified atom stereocenters. The highest BCUT2D eigenvalue weighted by Crippen LogP contribution is 2.21. The van der Waals surface area contributed by atoms with Crippen LogP contribution in [-0.4, -0.2) is 63.5 Å². The minimum atomic E-state index is -1.10. The van der Waals surface area contributed by atoms with E-state index >= 15 is 0 Å². The van der Waals surface area contributed by atoms with Crippen LogP contribution < -0.4 is 4.74 Å². The zero-order valence-electron chi connectivity index (χ0n) is 11.9. The number of aliphatic carboxylic acids is 1. The van der Waals surface area contributed by atoms with Gasteiger partial charge in [0.1, 0.15) is 18.5 Å². The minimum absolute atomic E-state index is 0.0944. The average Bonchev–Trinajstić information content (AvgIpc) is 2.51. The Labute approximate surface area is 127 Å². The Morgan fingerprint density at radius 1 is 1.18 bits per heavy atom. The zero-order chi connectivity index (χ0) is 16.5. The van der Waals surface area contributed by atoms with Gasteiger partial charge in [0.05, 0.1) is 19.3 Å². The minimum Gasteiger partial charge on any atom is -0.491 e. The molecule has 0 bridgehead atoms. The molecule has 0 saturated heterocycles. The molecule has 0 saturated carbocycles. The van der Waals surface area contributed by atoms with E-state index in [-0.39, 0.29) is 13.0 Å². The van der Waals surface area contributed by atoms with E-state index in [4.69, 9.17) is 20.1 Å². The summed E-state index contributed by atoms with van der Waals surface area (Å²) in [5.41, 5.74) is 1.17. The number of benzene rings is 1. The van der Waals surface area contributed by atoms with Crippen LogP contribution in [-0.2, 0) is 11.2 Å². The van der Waals surface area contributed by atoms with Crippen LogP contribution in [0.15, 0.2) is 24.3 Å². The Balaban J connectivity index is 2.94. The van der Waals surface area contributed by atoms with Crippen molar-refractivity contribution < 1.29 is 35.1 Å². The van der Waals surface area contributed by atoms with E-state index < -0.39 is 31.4 Å². The lowest BCUT2D eigenvalue weighted by atomic mass is 10.0. The second-order valence-corrected chi connectivity index (χ2v) is 4.72. The molecule has 1 aromatic rings. The largest absolute Gasteiger partial charge is 0.491 e. The van der Waals surface area contributed by atoms with Crippen LogP contribution in [0.3, 0.4) is 0 Å². The maximum Gasteiger partial charge on any atom is 0.328 e. The van der Waals surface area contributed by atoms with Gasteiger partial charge in [-0.15, -0.1) is 0 Å². The summed E-state index contributed by atoms with van der Waals surface area (Å²) in [5.74, 6) is -0.694. The van der Waals surface area contributed by atoms with Crippen molar-refractivity contribution in [3.8, 4) is 5.75 Å². The van der Waals surface area contributed by atoms with E-state index in [1.807, 2.05) is 0 Å². The maximum atomic E-state index is 10.6. The molecule has 0 aromatic heterocycles. The zero-order valence-corrected chi connectivity index (χ0v) is 11.9. The van der Waals surface area contributed by atoms with E-state index in [1.165, 1.54) is 6.08 Å². The van der Waals surface area contributed by atoms with Gasteiger partial charge in [0.15, 0.2) is 0 Å². The van der Waals surface area contributed by atoms with E-state index in [1.54, 1.807) is 18.2 Å². The molecule has 0 aliphatic heterocycles. The summed E-state index contributed by atoms with van der Waals surface area (Å²) in [6.07, 6.45) is 0.498. The standard InChI is InChI=1S/C15H20O7/c16-7-12(18)5-11-6-14(22-9-13(19)8-17)3-1-10(11)2-4-15(20)21/h1-4,6,12-13,16-19H,5,7-9H2,(H,20,21). The number of aliphatic hydroxyl groups excluding tert-OH is 4. The Morgan fingerprint density at radius 3 is 2.45 bits per heavy atom. The van der Waals surface area contributed by atoms with Crippen LogP contribution in [0, 0.1) is 0 Å².